The highest BCUT2D eigenvalue weighted by atomic mass is 15.1. The third kappa shape index (κ3) is 6.02. The van der Waals surface area contributed by atoms with Crippen LogP contribution in [-0.2, 0) is 19.5 Å². The molecule has 2 aromatic carbocycles. The zero-order valence-electron chi connectivity index (χ0n) is 17.1. The van der Waals surface area contributed by atoms with Crippen molar-refractivity contribution in [3.63, 3.8) is 0 Å². The van der Waals surface area contributed by atoms with Gasteiger partial charge < -0.3 is 0 Å². The SMILES string of the molecule is C1=C[N+](CCCCCn2cc[n+](Cc3ccccc3)c2)=CC1Cc1ccccc1. The van der Waals surface area contributed by atoms with E-state index in [1.807, 2.05) is 0 Å². The van der Waals surface area contributed by atoms with Crippen LogP contribution in [0.15, 0.2) is 91.7 Å². The largest absolute Gasteiger partial charge is 0.244 e. The third-order valence-electron chi connectivity index (χ3n) is 5.51. The van der Waals surface area contributed by atoms with Crippen molar-refractivity contribution in [3.05, 3.63) is 103 Å². The number of unbranched alkanes of at least 4 members (excludes halogenated alkanes) is 2. The topological polar surface area (TPSA) is 11.8 Å². The van der Waals surface area contributed by atoms with E-state index in [0.717, 1.165) is 26.1 Å². The molecular formula is C26H31N3+2. The molecular weight excluding hydrogens is 354 g/mol. The summed E-state index contributed by atoms with van der Waals surface area (Å²) in [6.45, 7) is 3.16. The Morgan fingerprint density at radius 1 is 0.828 bits per heavy atom. The molecule has 3 nitrogen and oxygen atoms in total. The van der Waals surface area contributed by atoms with Crippen LogP contribution in [0.3, 0.4) is 0 Å². The first-order valence-electron chi connectivity index (χ1n) is 10.8. The Morgan fingerprint density at radius 2 is 1.59 bits per heavy atom. The fourth-order valence-electron chi connectivity index (χ4n) is 3.95. The summed E-state index contributed by atoms with van der Waals surface area (Å²) >= 11 is 0. The van der Waals surface area contributed by atoms with E-state index < -0.39 is 0 Å². The van der Waals surface area contributed by atoms with Gasteiger partial charge in [0.25, 0.3) is 0 Å². The van der Waals surface area contributed by atoms with Crippen molar-refractivity contribution >= 4 is 6.21 Å². The molecule has 1 aromatic heterocycles. The normalized spacial score (nSPS) is 15.6. The van der Waals surface area contributed by atoms with Gasteiger partial charge in [-0.2, -0.15) is 0 Å². The van der Waals surface area contributed by atoms with Gasteiger partial charge in [0.1, 0.15) is 25.5 Å². The molecule has 1 aliphatic rings. The Hall–Kier alpha value is -2.94. The quantitative estimate of drug-likeness (QED) is 0.361. The molecule has 0 amide bonds. The van der Waals surface area contributed by atoms with Crippen LogP contribution in [0.5, 0.6) is 0 Å². The van der Waals surface area contributed by atoms with Crippen molar-refractivity contribution < 1.29 is 9.14 Å². The lowest BCUT2D eigenvalue weighted by molar-refractivity contribution is -0.687. The number of aryl methyl sites for hydroxylation is 1. The number of rotatable bonds is 10. The summed E-state index contributed by atoms with van der Waals surface area (Å²) in [6, 6.07) is 21.4. The highest BCUT2D eigenvalue weighted by Crippen LogP contribution is 2.12. The van der Waals surface area contributed by atoms with E-state index in [2.05, 4.69) is 112 Å². The van der Waals surface area contributed by atoms with Gasteiger partial charge in [0.05, 0.1) is 12.5 Å². The summed E-state index contributed by atoms with van der Waals surface area (Å²) in [4.78, 5) is 0. The Kier molecular flexibility index (Phi) is 6.69. The lowest BCUT2D eigenvalue weighted by Crippen LogP contribution is -2.31. The average Bonchev–Trinajstić information content (AvgIpc) is 3.39. The van der Waals surface area contributed by atoms with Crippen LogP contribution < -0.4 is 4.57 Å². The monoisotopic (exact) mass is 385 g/mol. The molecule has 0 radical (unpaired) electrons. The second-order valence-corrected chi connectivity index (χ2v) is 7.95. The highest BCUT2D eigenvalue weighted by Gasteiger charge is 2.16. The summed E-state index contributed by atoms with van der Waals surface area (Å²) in [6.07, 6.45) is 18.4. The van der Waals surface area contributed by atoms with E-state index >= 15 is 0 Å². The van der Waals surface area contributed by atoms with Gasteiger partial charge in [-0.05, 0) is 36.5 Å². The molecule has 0 bridgehead atoms. The van der Waals surface area contributed by atoms with E-state index in [1.165, 1.54) is 30.4 Å². The lowest BCUT2D eigenvalue weighted by Gasteiger charge is -2.01. The average molecular weight is 386 g/mol. The fraction of sp³-hybridized carbons (Fsp3) is 0.308. The molecule has 0 spiro atoms. The van der Waals surface area contributed by atoms with Gasteiger partial charge in [0.15, 0.2) is 12.4 Å². The maximum absolute atomic E-state index is 2.38. The van der Waals surface area contributed by atoms with E-state index in [1.54, 1.807) is 0 Å². The van der Waals surface area contributed by atoms with Crippen molar-refractivity contribution in [3.8, 4) is 0 Å². The summed E-state index contributed by atoms with van der Waals surface area (Å²) < 4.78 is 6.93. The second-order valence-electron chi connectivity index (χ2n) is 7.95. The second kappa shape index (κ2) is 10.0. The van der Waals surface area contributed by atoms with Gasteiger partial charge in [-0.1, -0.05) is 60.7 Å². The molecule has 2 heterocycles. The first-order valence-corrected chi connectivity index (χ1v) is 10.8. The molecule has 0 aliphatic carbocycles. The van der Waals surface area contributed by atoms with Crippen LogP contribution in [0.2, 0.25) is 0 Å². The summed E-state index contributed by atoms with van der Waals surface area (Å²) in [5.74, 6) is 0.539. The van der Waals surface area contributed by atoms with Crippen LogP contribution in [0.4, 0.5) is 0 Å². The Labute approximate surface area is 174 Å². The van der Waals surface area contributed by atoms with E-state index in [9.17, 15) is 0 Å². The zero-order chi connectivity index (χ0) is 19.7. The van der Waals surface area contributed by atoms with Crippen LogP contribution in [0, 0.1) is 5.92 Å². The smallest absolute Gasteiger partial charge is 0.237 e. The maximum atomic E-state index is 2.38. The number of benzene rings is 2. The lowest BCUT2D eigenvalue weighted by atomic mass is 10.0. The molecule has 1 unspecified atom stereocenters. The standard InChI is InChI=1S/C26H31N3/c1-4-10-24(11-5-1)20-26-14-17-27(22-26)15-8-3-9-16-28-18-19-29(23-28)21-25-12-6-2-7-13-25/h1-2,4-7,10-14,17-19,22-23,26H,3,8-9,15-16,20-21H2/q+2. The number of imidazole rings is 1. The van der Waals surface area contributed by atoms with Crippen LogP contribution >= 0.6 is 0 Å². The molecule has 4 rings (SSSR count). The van der Waals surface area contributed by atoms with Gasteiger partial charge in [-0.3, -0.25) is 0 Å². The van der Waals surface area contributed by atoms with E-state index in [-0.39, 0.29) is 0 Å². The predicted molar refractivity (Wildman–Crippen MR) is 118 cm³/mol. The fourth-order valence-corrected chi connectivity index (χ4v) is 3.95. The number of aromatic nitrogens is 2. The van der Waals surface area contributed by atoms with Crippen LogP contribution in [-0.4, -0.2) is 21.9 Å². The zero-order valence-corrected chi connectivity index (χ0v) is 17.1. The van der Waals surface area contributed by atoms with Gasteiger partial charge in [-0.15, -0.1) is 0 Å². The van der Waals surface area contributed by atoms with Gasteiger partial charge >= 0.3 is 0 Å². The molecule has 3 aromatic rings. The molecule has 0 N–H and O–H groups in total. The van der Waals surface area contributed by atoms with Crippen molar-refractivity contribution in [2.24, 2.45) is 5.92 Å². The highest BCUT2D eigenvalue weighted by molar-refractivity contribution is 5.61. The van der Waals surface area contributed by atoms with E-state index in [0.29, 0.717) is 5.92 Å². The maximum Gasteiger partial charge on any atom is 0.244 e. The molecule has 1 aliphatic heterocycles. The number of allylic oxidation sites excluding steroid dienone is 1. The summed E-state index contributed by atoms with van der Waals surface area (Å²) in [7, 11) is 0. The molecule has 29 heavy (non-hydrogen) atoms. The van der Waals surface area contributed by atoms with Crippen molar-refractivity contribution in [1.82, 2.24) is 4.57 Å². The molecule has 3 heteroatoms. The van der Waals surface area contributed by atoms with Crippen molar-refractivity contribution in [1.29, 1.82) is 0 Å². The Bertz CT molecular complexity index is 938. The molecule has 148 valence electrons. The number of nitrogens with zero attached hydrogens (tertiary/aromatic N) is 3. The molecule has 0 saturated carbocycles. The van der Waals surface area contributed by atoms with Crippen molar-refractivity contribution in [2.45, 2.75) is 38.8 Å². The first kappa shape index (κ1) is 19.4. The van der Waals surface area contributed by atoms with Gasteiger partial charge in [0, 0.05) is 6.42 Å². The minimum absolute atomic E-state index is 0.539. The number of hydrogen-bond donors (Lipinski definition) is 0. The Morgan fingerprint density at radius 3 is 2.38 bits per heavy atom. The third-order valence-corrected chi connectivity index (χ3v) is 5.51. The van der Waals surface area contributed by atoms with Crippen LogP contribution in [0.1, 0.15) is 30.4 Å². The molecule has 0 saturated heterocycles. The van der Waals surface area contributed by atoms with Gasteiger partial charge in [0.2, 0.25) is 6.33 Å². The Balaban J connectivity index is 1.14. The predicted octanol–water partition coefficient (Wildman–Crippen LogP) is 4.46. The summed E-state index contributed by atoms with van der Waals surface area (Å²) in [5.41, 5.74) is 2.76. The minimum Gasteiger partial charge on any atom is -0.237 e. The van der Waals surface area contributed by atoms with Crippen molar-refractivity contribution in [2.75, 3.05) is 6.54 Å². The van der Waals surface area contributed by atoms with Crippen LogP contribution in [0.25, 0.3) is 0 Å². The summed E-state index contributed by atoms with van der Waals surface area (Å²) in [5, 5.41) is 0. The minimum atomic E-state index is 0.539. The number of hydrogen-bond acceptors (Lipinski definition) is 0. The van der Waals surface area contributed by atoms with Gasteiger partial charge in [-0.25, -0.2) is 13.7 Å². The molecule has 1 atom stereocenters. The van der Waals surface area contributed by atoms with E-state index in [4.69, 9.17) is 0 Å². The molecule has 0 fully saturated rings. The first-order chi connectivity index (χ1) is 14.3.